The second-order valence-corrected chi connectivity index (χ2v) is 2.17. The molecule has 0 saturated heterocycles. The first-order valence-corrected chi connectivity index (χ1v) is 2.28. The number of aliphatic hydroxyl groups is 1. The summed E-state index contributed by atoms with van der Waals surface area (Å²) in [7, 11) is 0. The van der Waals surface area contributed by atoms with E-state index in [9.17, 15) is 0 Å². The van der Waals surface area contributed by atoms with Crippen molar-refractivity contribution >= 4 is 0 Å². The van der Waals surface area contributed by atoms with Crippen molar-refractivity contribution in [1.82, 2.24) is 0 Å². The first-order chi connectivity index (χ1) is 2.56. The molecule has 1 nitrogen and oxygen atoms in total. The largest absolute Gasteiger partial charge is 0.390 e. The van der Waals surface area contributed by atoms with Gasteiger partial charge in [-0.05, 0) is 20.3 Å². The molecule has 0 aliphatic carbocycles. The van der Waals surface area contributed by atoms with Crippen LogP contribution in [0, 0.1) is 0 Å². The average molecular weight is 147 g/mol. The van der Waals surface area contributed by atoms with Crippen LogP contribution in [0.5, 0.6) is 0 Å². The van der Waals surface area contributed by atoms with Crippen molar-refractivity contribution in [3.05, 3.63) is 0 Å². The minimum Gasteiger partial charge on any atom is -0.390 e. The predicted octanol–water partition coefficient (Wildman–Crippen LogP) is 1.16. The van der Waals surface area contributed by atoms with Crippen molar-refractivity contribution in [3.63, 3.8) is 0 Å². The van der Waals surface area contributed by atoms with Crippen molar-refractivity contribution in [2.24, 2.45) is 0 Å². The number of hydrogen-bond donors (Lipinski definition) is 1. The van der Waals surface area contributed by atoms with Gasteiger partial charge in [-0.25, -0.2) is 0 Å². The van der Waals surface area contributed by atoms with Crippen LogP contribution >= 0.6 is 0 Å². The molecule has 0 aromatic rings. The van der Waals surface area contributed by atoms with Crippen molar-refractivity contribution < 1.29 is 21.6 Å². The second-order valence-electron chi connectivity index (χ2n) is 2.17. The zero-order valence-corrected chi connectivity index (χ0v) is 5.96. The topological polar surface area (TPSA) is 20.2 Å². The summed E-state index contributed by atoms with van der Waals surface area (Å²) in [6.45, 7) is 5.56. The van der Waals surface area contributed by atoms with E-state index < -0.39 is 5.60 Å². The zero-order chi connectivity index (χ0) is 5.21. The molecule has 7 heavy (non-hydrogen) atoms. The molecule has 0 aromatic heterocycles. The van der Waals surface area contributed by atoms with Gasteiger partial charge in [0.25, 0.3) is 0 Å². The molecule has 0 aromatic carbocycles. The van der Waals surface area contributed by atoms with Crippen molar-refractivity contribution in [1.29, 1.82) is 0 Å². The second kappa shape index (κ2) is 3.45. The maximum atomic E-state index is 8.83. The Balaban J connectivity index is 0. The standard InChI is InChI=1S/C5H12O.Ni/c1-4-5(2,3)6;/h6H,4H2,1-3H3;. The van der Waals surface area contributed by atoms with Crippen LogP contribution in [0.25, 0.3) is 0 Å². The van der Waals surface area contributed by atoms with E-state index in [4.69, 9.17) is 5.11 Å². The molecule has 0 radical (unpaired) electrons. The fourth-order valence-corrected chi connectivity index (χ4v) is 0. The van der Waals surface area contributed by atoms with Crippen LogP contribution < -0.4 is 0 Å². The Morgan fingerprint density at radius 2 is 1.57 bits per heavy atom. The monoisotopic (exact) mass is 146 g/mol. The first-order valence-electron chi connectivity index (χ1n) is 2.28. The number of rotatable bonds is 1. The fraction of sp³-hybridized carbons (Fsp3) is 1.00. The van der Waals surface area contributed by atoms with Crippen LogP contribution in [0.1, 0.15) is 27.2 Å². The molecule has 48 valence electrons. The summed E-state index contributed by atoms with van der Waals surface area (Å²) in [4.78, 5) is 0. The Kier molecular flexibility index (Phi) is 5.15. The molecule has 0 aliphatic heterocycles. The molecule has 0 bridgehead atoms. The molecule has 0 spiro atoms. The van der Waals surface area contributed by atoms with E-state index in [1.807, 2.05) is 6.92 Å². The van der Waals surface area contributed by atoms with Gasteiger partial charge in [0.1, 0.15) is 0 Å². The fourth-order valence-electron chi connectivity index (χ4n) is 0. The molecule has 0 heterocycles. The van der Waals surface area contributed by atoms with Crippen molar-refractivity contribution in [2.75, 3.05) is 0 Å². The van der Waals surface area contributed by atoms with E-state index in [1.54, 1.807) is 13.8 Å². The van der Waals surface area contributed by atoms with Crippen molar-refractivity contribution in [3.8, 4) is 0 Å². The van der Waals surface area contributed by atoms with Crippen LogP contribution in [0.3, 0.4) is 0 Å². The first kappa shape index (κ1) is 10.4. The third-order valence-electron chi connectivity index (χ3n) is 0.865. The van der Waals surface area contributed by atoms with E-state index in [1.165, 1.54) is 0 Å². The van der Waals surface area contributed by atoms with Crippen LogP contribution in [0.15, 0.2) is 0 Å². The molecule has 0 rings (SSSR count). The normalized spacial score (nSPS) is 10.3. The third kappa shape index (κ3) is 10.7. The molecule has 0 fully saturated rings. The van der Waals surface area contributed by atoms with Gasteiger partial charge in [0, 0.05) is 16.5 Å². The quantitative estimate of drug-likeness (QED) is 0.551. The van der Waals surface area contributed by atoms with Crippen LogP contribution in [-0.4, -0.2) is 10.7 Å². The summed E-state index contributed by atoms with van der Waals surface area (Å²) in [6, 6.07) is 0. The van der Waals surface area contributed by atoms with Crippen molar-refractivity contribution in [2.45, 2.75) is 32.8 Å². The molecular formula is C5H12NiO. The van der Waals surface area contributed by atoms with Crippen LogP contribution in [0.4, 0.5) is 0 Å². The van der Waals surface area contributed by atoms with Gasteiger partial charge in [0.05, 0.1) is 5.60 Å². The van der Waals surface area contributed by atoms with Gasteiger partial charge in [-0.3, -0.25) is 0 Å². The smallest absolute Gasteiger partial charge is 0.0589 e. The molecule has 0 saturated carbocycles. The summed E-state index contributed by atoms with van der Waals surface area (Å²) in [5.74, 6) is 0. The SMILES string of the molecule is CCC(C)(C)O.[Ni]. The Morgan fingerprint density at radius 1 is 1.43 bits per heavy atom. The molecule has 0 atom stereocenters. The molecule has 0 unspecified atom stereocenters. The van der Waals surface area contributed by atoms with E-state index in [2.05, 4.69) is 0 Å². The molecule has 0 amide bonds. The Hall–Kier alpha value is 0.454. The zero-order valence-electron chi connectivity index (χ0n) is 4.97. The average Bonchev–Trinajstić information content (AvgIpc) is 1.35. The third-order valence-corrected chi connectivity index (χ3v) is 0.865. The van der Waals surface area contributed by atoms with Gasteiger partial charge >= 0.3 is 0 Å². The minimum atomic E-state index is -0.458. The summed E-state index contributed by atoms with van der Waals surface area (Å²) in [5, 5.41) is 8.83. The van der Waals surface area contributed by atoms with Gasteiger partial charge < -0.3 is 5.11 Å². The Morgan fingerprint density at radius 3 is 1.57 bits per heavy atom. The predicted molar refractivity (Wildman–Crippen MR) is 26.6 cm³/mol. The van der Waals surface area contributed by atoms with Crippen LogP contribution in [-0.2, 0) is 16.5 Å². The van der Waals surface area contributed by atoms with Crippen LogP contribution in [0.2, 0.25) is 0 Å². The van der Waals surface area contributed by atoms with Gasteiger partial charge in [-0.2, -0.15) is 0 Å². The van der Waals surface area contributed by atoms with E-state index in [0.29, 0.717) is 0 Å². The van der Waals surface area contributed by atoms with E-state index in [0.717, 1.165) is 6.42 Å². The molecule has 2 heteroatoms. The van der Waals surface area contributed by atoms with Gasteiger partial charge in [-0.15, -0.1) is 0 Å². The summed E-state index contributed by atoms with van der Waals surface area (Å²) < 4.78 is 0. The van der Waals surface area contributed by atoms with Gasteiger partial charge in [0.2, 0.25) is 0 Å². The maximum absolute atomic E-state index is 8.83. The molecular weight excluding hydrogens is 135 g/mol. The van der Waals surface area contributed by atoms with E-state index >= 15 is 0 Å². The molecule has 0 aliphatic rings. The van der Waals surface area contributed by atoms with E-state index in [-0.39, 0.29) is 16.5 Å². The Bertz CT molecular complexity index is 37.8. The summed E-state index contributed by atoms with van der Waals surface area (Å²) in [6.07, 6.45) is 0.826. The molecule has 1 N–H and O–H groups in total. The van der Waals surface area contributed by atoms with Gasteiger partial charge in [0.15, 0.2) is 0 Å². The Labute approximate surface area is 55.0 Å². The summed E-state index contributed by atoms with van der Waals surface area (Å²) >= 11 is 0. The minimum absolute atomic E-state index is 0. The maximum Gasteiger partial charge on any atom is 0.0589 e. The number of hydrogen-bond acceptors (Lipinski definition) is 1. The summed E-state index contributed by atoms with van der Waals surface area (Å²) in [5.41, 5.74) is -0.458. The van der Waals surface area contributed by atoms with Gasteiger partial charge in [-0.1, -0.05) is 6.92 Å².